The zero-order chi connectivity index (χ0) is 18.3. The van der Waals surface area contributed by atoms with Crippen LogP contribution < -0.4 is 20.4 Å². The van der Waals surface area contributed by atoms with Crippen molar-refractivity contribution in [1.29, 1.82) is 0 Å². The third-order valence-corrected chi connectivity index (χ3v) is 5.11. The summed E-state index contributed by atoms with van der Waals surface area (Å²) >= 11 is 0. The fourth-order valence-corrected chi connectivity index (χ4v) is 3.61. The minimum absolute atomic E-state index is 0.194. The topological polar surface area (TPSA) is 80.7 Å². The van der Waals surface area contributed by atoms with Gasteiger partial charge in [-0.15, -0.1) is 5.11 Å². The number of hydrogen-bond acceptors (Lipinski definition) is 7. The molecule has 0 saturated carbocycles. The van der Waals surface area contributed by atoms with Crippen LogP contribution in [0.4, 0.5) is 28.4 Å². The van der Waals surface area contributed by atoms with Crippen LogP contribution in [0.25, 0.3) is 0 Å². The number of nitrogen functional groups attached to an aromatic ring is 1. The van der Waals surface area contributed by atoms with Crippen molar-refractivity contribution in [2.75, 3.05) is 47.6 Å². The molecular weight excluding hydrogens is 328 g/mol. The molecule has 0 aliphatic carbocycles. The van der Waals surface area contributed by atoms with Crippen LogP contribution >= 0.6 is 0 Å². The average Bonchev–Trinajstić information content (AvgIpc) is 3.16. The molecule has 2 atom stereocenters. The van der Waals surface area contributed by atoms with E-state index >= 15 is 0 Å². The number of hydrogen-bond donors (Lipinski definition) is 2. The number of rotatable bonds is 3. The molecule has 0 bridgehead atoms. The van der Waals surface area contributed by atoms with Gasteiger partial charge in [0.15, 0.2) is 0 Å². The predicted molar refractivity (Wildman–Crippen MR) is 105 cm³/mol. The second-order valence-corrected chi connectivity index (χ2v) is 6.94. The average molecular weight is 352 g/mol. The molecule has 0 radical (unpaired) electrons. The predicted octanol–water partition coefficient (Wildman–Crippen LogP) is 2.79. The smallest absolute Gasteiger partial charge is 0.218 e. The molecule has 2 aliphatic rings. The Morgan fingerprint density at radius 3 is 2.46 bits per heavy atom. The molecule has 1 saturated heterocycles. The largest absolute Gasteiger partial charge is 0.399 e. The number of anilines is 4. The van der Waals surface area contributed by atoms with Gasteiger partial charge in [0, 0.05) is 38.6 Å². The quantitative estimate of drug-likeness (QED) is 0.656. The van der Waals surface area contributed by atoms with Crippen molar-refractivity contribution >= 4 is 28.4 Å². The van der Waals surface area contributed by atoms with Crippen LogP contribution in [0, 0.1) is 0 Å². The summed E-state index contributed by atoms with van der Waals surface area (Å²) in [5.74, 6) is 0. The molecule has 0 spiro atoms. The van der Waals surface area contributed by atoms with E-state index in [1.54, 1.807) is 0 Å². The molecule has 2 aliphatic heterocycles. The summed E-state index contributed by atoms with van der Waals surface area (Å²) < 4.78 is 0. The summed E-state index contributed by atoms with van der Waals surface area (Å²) in [6.45, 7) is 1.58. The van der Waals surface area contributed by atoms with Gasteiger partial charge in [0.1, 0.15) is 0 Å². The first-order chi connectivity index (χ1) is 12.5. The van der Waals surface area contributed by atoms with E-state index < -0.39 is 0 Å². The Morgan fingerprint density at radius 2 is 1.77 bits per heavy atom. The van der Waals surface area contributed by atoms with Crippen LogP contribution in [0.15, 0.2) is 52.7 Å². The molecule has 2 unspecified atom stereocenters. The Morgan fingerprint density at radius 1 is 1.04 bits per heavy atom. The summed E-state index contributed by atoms with van der Waals surface area (Å²) in [6, 6.07) is 13.9. The standard InChI is InChI=1S/C19H24N6O/c1-23-17-8-3-13(20)11-18(17)24(2)19(23)22-21-14-4-6-15(7-5-14)25-10-9-16(26)12-25/h3-8,11,16,19,26H,9-10,12,20H2,1-2H3. The molecule has 26 heavy (non-hydrogen) atoms. The van der Waals surface area contributed by atoms with E-state index in [1.807, 2.05) is 56.6 Å². The van der Waals surface area contributed by atoms with Gasteiger partial charge in [0.2, 0.25) is 6.29 Å². The Labute approximate surface area is 153 Å². The number of nitrogens with two attached hydrogens (primary N) is 1. The fourth-order valence-electron chi connectivity index (χ4n) is 3.61. The second-order valence-electron chi connectivity index (χ2n) is 6.94. The maximum Gasteiger partial charge on any atom is 0.218 e. The molecule has 7 nitrogen and oxygen atoms in total. The van der Waals surface area contributed by atoms with E-state index in [9.17, 15) is 5.11 Å². The highest BCUT2D eigenvalue weighted by atomic mass is 16.3. The summed E-state index contributed by atoms with van der Waals surface area (Å²) in [4.78, 5) is 6.33. The maximum atomic E-state index is 9.67. The Balaban J connectivity index is 1.48. The van der Waals surface area contributed by atoms with Crippen molar-refractivity contribution < 1.29 is 5.11 Å². The van der Waals surface area contributed by atoms with Crippen molar-refractivity contribution in [1.82, 2.24) is 0 Å². The SMILES string of the molecule is CN1c2ccc(N)cc2N(C)C1N=Nc1ccc(N2CCC(O)C2)cc1. The highest BCUT2D eigenvalue weighted by molar-refractivity contribution is 5.79. The van der Waals surface area contributed by atoms with Gasteiger partial charge in [-0.2, -0.15) is 5.11 Å². The molecule has 3 N–H and O–H groups in total. The zero-order valence-electron chi connectivity index (χ0n) is 15.1. The normalized spacial score (nSPS) is 22.5. The van der Waals surface area contributed by atoms with Crippen LogP contribution in [0.3, 0.4) is 0 Å². The number of fused-ring (bicyclic) bond motifs is 1. The number of β-amino-alcohol motifs (C(OH)–C–C–N with tert-alkyl or cyclic N) is 1. The van der Waals surface area contributed by atoms with Gasteiger partial charge in [-0.1, -0.05) is 0 Å². The van der Waals surface area contributed by atoms with Crippen LogP contribution in [-0.2, 0) is 0 Å². The molecule has 0 amide bonds. The Kier molecular flexibility index (Phi) is 4.16. The Hall–Kier alpha value is -2.80. The van der Waals surface area contributed by atoms with Gasteiger partial charge in [0.05, 0.1) is 23.2 Å². The lowest BCUT2D eigenvalue weighted by molar-refractivity contribution is 0.198. The highest BCUT2D eigenvalue weighted by Gasteiger charge is 2.31. The summed E-state index contributed by atoms with van der Waals surface area (Å²) in [6.07, 6.45) is 0.408. The summed E-state index contributed by atoms with van der Waals surface area (Å²) in [7, 11) is 4.00. The number of azo groups is 1. The van der Waals surface area contributed by atoms with Crippen molar-refractivity contribution in [3.8, 4) is 0 Å². The third kappa shape index (κ3) is 2.94. The van der Waals surface area contributed by atoms with Crippen LogP contribution in [0.5, 0.6) is 0 Å². The second kappa shape index (κ2) is 6.49. The van der Waals surface area contributed by atoms with Crippen molar-refractivity contribution in [3.63, 3.8) is 0 Å². The molecular formula is C19H24N6O. The van der Waals surface area contributed by atoms with Crippen molar-refractivity contribution in [3.05, 3.63) is 42.5 Å². The fraction of sp³-hybridized carbons (Fsp3) is 0.368. The van der Waals surface area contributed by atoms with E-state index in [-0.39, 0.29) is 12.4 Å². The first-order valence-electron chi connectivity index (χ1n) is 8.82. The van der Waals surface area contributed by atoms with Crippen molar-refractivity contribution in [2.24, 2.45) is 10.2 Å². The molecule has 136 valence electrons. The highest BCUT2D eigenvalue weighted by Crippen LogP contribution is 2.39. The lowest BCUT2D eigenvalue weighted by Gasteiger charge is -2.22. The lowest BCUT2D eigenvalue weighted by Crippen LogP contribution is -2.36. The van der Waals surface area contributed by atoms with E-state index in [0.29, 0.717) is 6.54 Å². The molecule has 2 aromatic carbocycles. The van der Waals surface area contributed by atoms with E-state index in [0.717, 1.165) is 41.4 Å². The maximum absolute atomic E-state index is 9.67. The minimum atomic E-state index is -0.224. The molecule has 2 heterocycles. The van der Waals surface area contributed by atoms with Crippen LogP contribution in [0.1, 0.15) is 6.42 Å². The van der Waals surface area contributed by atoms with Gasteiger partial charge in [-0.05, 0) is 48.9 Å². The van der Waals surface area contributed by atoms with Gasteiger partial charge in [0.25, 0.3) is 0 Å². The third-order valence-electron chi connectivity index (χ3n) is 5.11. The van der Waals surface area contributed by atoms with Gasteiger partial charge in [-0.3, -0.25) is 0 Å². The number of benzene rings is 2. The number of nitrogens with zero attached hydrogens (tertiary/aromatic N) is 5. The van der Waals surface area contributed by atoms with Gasteiger partial charge in [-0.25, -0.2) is 0 Å². The van der Waals surface area contributed by atoms with E-state index in [4.69, 9.17) is 5.73 Å². The first kappa shape index (κ1) is 16.7. The monoisotopic (exact) mass is 352 g/mol. The van der Waals surface area contributed by atoms with E-state index in [1.165, 1.54) is 0 Å². The number of aliphatic hydroxyl groups excluding tert-OH is 1. The van der Waals surface area contributed by atoms with E-state index in [2.05, 4.69) is 24.9 Å². The molecule has 1 fully saturated rings. The van der Waals surface area contributed by atoms with Crippen LogP contribution in [0.2, 0.25) is 0 Å². The lowest BCUT2D eigenvalue weighted by atomic mass is 10.2. The Bertz CT molecular complexity index is 821. The minimum Gasteiger partial charge on any atom is -0.399 e. The molecule has 2 aromatic rings. The van der Waals surface area contributed by atoms with Crippen LogP contribution in [-0.4, -0.2) is 44.7 Å². The van der Waals surface area contributed by atoms with Gasteiger partial charge >= 0.3 is 0 Å². The molecule has 4 rings (SSSR count). The first-order valence-corrected chi connectivity index (χ1v) is 8.82. The molecule has 7 heteroatoms. The van der Waals surface area contributed by atoms with Crippen molar-refractivity contribution in [2.45, 2.75) is 18.8 Å². The number of aliphatic hydroxyl groups is 1. The molecule has 0 aromatic heterocycles. The summed E-state index contributed by atoms with van der Waals surface area (Å²) in [5, 5.41) is 18.6. The van der Waals surface area contributed by atoms with Gasteiger partial charge < -0.3 is 25.5 Å². The summed E-state index contributed by atoms with van der Waals surface area (Å²) in [5.41, 5.74) is 10.7. The zero-order valence-corrected chi connectivity index (χ0v) is 15.1.